The minimum absolute atomic E-state index is 0.0715. The van der Waals surface area contributed by atoms with E-state index in [4.69, 9.17) is 11.6 Å². The van der Waals surface area contributed by atoms with Crippen LogP contribution in [0.1, 0.15) is 6.92 Å². The fraction of sp³-hybridized carbons (Fsp3) is 0.143. The number of anilines is 2. The predicted octanol–water partition coefficient (Wildman–Crippen LogP) is 5.75. The van der Waals surface area contributed by atoms with Gasteiger partial charge in [0, 0.05) is 15.5 Å². The van der Waals surface area contributed by atoms with E-state index in [0.29, 0.717) is 21.1 Å². The highest BCUT2D eigenvalue weighted by atomic mass is 79.9. The van der Waals surface area contributed by atoms with Crippen molar-refractivity contribution in [1.82, 2.24) is 0 Å². The van der Waals surface area contributed by atoms with Gasteiger partial charge < -0.3 is 4.90 Å². The van der Waals surface area contributed by atoms with E-state index in [1.165, 1.54) is 11.0 Å². The molecular formula is C14H9Br2ClN4O6. The van der Waals surface area contributed by atoms with Gasteiger partial charge in [0.1, 0.15) is 0 Å². The number of nitro groups is 3. The van der Waals surface area contributed by atoms with E-state index in [9.17, 15) is 30.3 Å². The largest absolute Gasteiger partial charge is 0.329 e. The van der Waals surface area contributed by atoms with Crippen molar-refractivity contribution in [1.29, 1.82) is 0 Å². The number of non-ortho nitro benzene ring substituents is 1. The summed E-state index contributed by atoms with van der Waals surface area (Å²) in [6.45, 7) is 1.68. The summed E-state index contributed by atoms with van der Waals surface area (Å²) >= 11 is 12.8. The molecule has 13 heteroatoms. The van der Waals surface area contributed by atoms with Gasteiger partial charge in [0.15, 0.2) is 5.69 Å². The maximum atomic E-state index is 11.5. The molecule has 27 heavy (non-hydrogen) atoms. The Hall–Kier alpha value is -2.31. The van der Waals surface area contributed by atoms with Crippen molar-refractivity contribution in [2.45, 2.75) is 6.92 Å². The molecule has 0 radical (unpaired) electrons. The number of nitrogens with zero attached hydrogens (tertiary/aromatic N) is 4. The Kier molecular flexibility index (Phi) is 6.34. The van der Waals surface area contributed by atoms with Crippen molar-refractivity contribution in [3.63, 3.8) is 0 Å². The smallest absolute Gasteiger partial charge is 0.306 e. The third-order valence-electron chi connectivity index (χ3n) is 3.51. The van der Waals surface area contributed by atoms with Crippen molar-refractivity contribution >= 4 is 71.9 Å². The summed E-state index contributed by atoms with van der Waals surface area (Å²) < 4.78 is 1.03. The van der Waals surface area contributed by atoms with Crippen LogP contribution in [0.4, 0.5) is 28.4 Å². The molecule has 0 atom stereocenters. The van der Waals surface area contributed by atoms with Crippen molar-refractivity contribution in [3.05, 3.63) is 68.6 Å². The molecule has 0 fully saturated rings. The van der Waals surface area contributed by atoms with Crippen LogP contribution >= 0.6 is 43.5 Å². The van der Waals surface area contributed by atoms with Gasteiger partial charge in [-0.25, -0.2) is 0 Å². The number of rotatable bonds is 6. The van der Waals surface area contributed by atoms with Gasteiger partial charge in [0.05, 0.1) is 37.6 Å². The number of hydrogen-bond acceptors (Lipinski definition) is 7. The Morgan fingerprint density at radius 3 is 1.89 bits per heavy atom. The fourth-order valence-electron chi connectivity index (χ4n) is 2.44. The maximum absolute atomic E-state index is 11.5. The van der Waals surface area contributed by atoms with Gasteiger partial charge in [-0.1, -0.05) is 27.5 Å². The first kappa shape index (κ1) is 21.0. The van der Waals surface area contributed by atoms with Crippen LogP contribution in [0.15, 0.2) is 33.2 Å². The normalized spacial score (nSPS) is 10.5. The molecule has 0 aliphatic rings. The molecule has 0 N–H and O–H groups in total. The lowest BCUT2D eigenvalue weighted by molar-refractivity contribution is -0.402. The van der Waals surface area contributed by atoms with Gasteiger partial charge in [-0.2, -0.15) is 0 Å². The molecule has 0 aliphatic heterocycles. The fourth-order valence-corrected chi connectivity index (χ4v) is 3.85. The zero-order valence-electron chi connectivity index (χ0n) is 13.4. The summed E-state index contributed by atoms with van der Waals surface area (Å²) in [5, 5.41) is 34.2. The first-order valence-electron chi connectivity index (χ1n) is 7.11. The minimum atomic E-state index is -0.928. The van der Waals surface area contributed by atoms with Crippen LogP contribution in [0.2, 0.25) is 5.02 Å². The Labute approximate surface area is 173 Å². The van der Waals surface area contributed by atoms with E-state index < -0.39 is 37.5 Å². The average molecular weight is 525 g/mol. The molecule has 0 bridgehead atoms. The van der Waals surface area contributed by atoms with Crippen LogP contribution in [0.5, 0.6) is 0 Å². The first-order valence-corrected chi connectivity index (χ1v) is 9.08. The van der Waals surface area contributed by atoms with Gasteiger partial charge >= 0.3 is 11.4 Å². The Morgan fingerprint density at radius 1 is 0.963 bits per heavy atom. The van der Waals surface area contributed by atoms with Gasteiger partial charge in [-0.3, -0.25) is 30.3 Å². The molecule has 142 valence electrons. The minimum Gasteiger partial charge on any atom is -0.329 e. The van der Waals surface area contributed by atoms with Crippen molar-refractivity contribution in [3.8, 4) is 0 Å². The van der Waals surface area contributed by atoms with Crippen LogP contribution in [0.3, 0.4) is 0 Å². The second kappa shape index (κ2) is 8.15. The Balaban J connectivity index is 2.91. The molecule has 2 aromatic carbocycles. The average Bonchev–Trinajstić information content (AvgIpc) is 2.58. The van der Waals surface area contributed by atoms with Gasteiger partial charge in [0.2, 0.25) is 0 Å². The van der Waals surface area contributed by atoms with Crippen LogP contribution in [0, 0.1) is 30.3 Å². The zero-order chi connectivity index (χ0) is 20.5. The summed E-state index contributed by atoms with van der Waals surface area (Å²) in [6, 6.07) is 4.54. The highest BCUT2D eigenvalue weighted by molar-refractivity contribution is 9.11. The molecule has 0 saturated heterocycles. The van der Waals surface area contributed by atoms with Gasteiger partial charge in [-0.05, 0) is 35.0 Å². The summed E-state index contributed by atoms with van der Waals surface area (Å²) in [7, 11) is 0. The van der Waals surface area contributed by atoms with E-state index in [1.54, 1.807) is 13.0 Å². The molecule has 0 unspecified atom stereocenters. The van der Waals surface area contributed by atoms with E-state index >= 15 is 0 Å². The van der Waals surface area contributed by atoms with Crippen LogP contribution in [-0.2, 0) is 0 Å². The molecule has 2 aromatic rings. The molecule has 2 rings (SSSR count). The van der Waals surface area contributed by atoms with Crippen molar-refractivity contribution < 1.29 is 14.8 Å². The summed E-state index contributed by atoms with van der Waals surface area (Å²) in [4.78, 5) is 32.6. The number of halogens is 3. The van der Waals surface area contributed by atoms with Crippen LogP contribution < -0.4 is 4.90 Å². The van der Waals surface area contributed by atoms with Crippen molar-refractivity contribution in [2.24, 2.45) is 0 Å². The lowest BCUT2D eigenvalue weighted by Gasteiger charge is -2.24. The number of nitro benzene ring substituents is 3. The molecular weight excluding hydrogens is 515 g/mol. The lowest BCUT2D eigenvalue weighted by atomic mass is 10.1. The number of benzene rings is 2. The molecule has 0 heterocycles. The quantitative estimate of drug-likeness (QED) is 0.267. The summed E-state index contributed by atoms with van der Waals surface area (Å²) in [5.41, 5.74) is -2.45. The highest BCUT2D eigenvalue weighted by Gasteiger charge is 2.35. The van der Waals surface area contributed by atoms with E-state index in [-0.39, 0.29) is 17.3 Å². The van der Waals surface area contributed by atoms with Gasteiger partial charge in [0.25, 0.3) is 5.69 Å². The second-order valence-corrected chi connectivity index (χ2v) is 7.22. The predicted molar refractivity (Wildman–Crippen MR) is 106 cm³/mol. The number of hydrogen-bond donors (Lipinski definition) is 0. The molecule has 0 aromatic heterocycles. The second-order valence-electron chi connectivity index (χ2n) is 5.07. The molecule has 0 aliphatic carbocycles. The van der Waals surface area contributed by atoms with Crippen LogP contribution in [-0.4, -0.2) is 21.3 Å². The summed E-state index contributed by atoms with van der Waals surface area (Å²) in [5.74, 6) is 0. The molecule has 0 spiro atoms. The monoisotopic (exact) mass is 522 g/mol. The van der Waals surface area contributed by atoms with E-state index in [0.717, 1.165) is 0 Å². The third-order valence-corrected chi connectivity index (χ3v) is 5.22. The molecule has 0 saturated carbocycles. The van der Waals surface area contributed by atoms with E-state index in [1.807, 2.05) is 0 Å². The molecule has 10 nitrogen and oxygen atoms in total. The Bertz CT molecular complexity index is 936. The third kappa shape index (κ3) is 4.17. The molecule has 0 amide bonds. The van der Waals surface area contributed by atoms with Crippen LogP contribution in [0.25, 0.3) is 0 Å². The summed E-state index contributed by atoms with van der Waals surface area (Å²) in [6.07, 6.45) is 0. The van der Waals surface area contributed by atoms with Crippen molar-refractivity contribution in [2.75, 3.05) is 11.4 Å². The zero-order valence-corrected chi connectivity index (χ0v) is 17.3. The first-order chi connectivity index (χ1) is 12.6. The maximum Gasteiger partial charge on any atom is 0.306 e. The van der Waals surface area contributed by atoms with Gasteiger partial charge in [-0.15, -0.1) is 0 Å². The SMILES string of the molecule is CCN(c1cc(Br)cc(Br)c1Cl)c1c([N+](=O)[O-])cc([N+](=O)[O-])cc1[N+](=O)[O-]. The highest BCUT2D eigenvalue weighted by Crippen LogP contribution is 2.47. The topological polar surface area (TPSA) is 133 Å². The Morgan fingerprint density at radius 2 is 1.48 bits per heavy atom. The lowest BCUT2D eigenvalue weighted by Crippen LogP contribution is -2.19. The van der Waals surface area contributed by atoms with E-state index in [2.05, 4.69) is 31.9 Å². The standard InChI is InChI=1S/C14H9Br2ClN4O6/c1-2-18(10-4-7(15)3-9(16)13(10)17)14-11(20(24)25)5-8(19(22)23)6-12(14)21(26)27/h3-6H,2H2,1H3.